The van der Waals surface area contributed by atoms with Crippen molar-refractivity contribution in [2.45, 2.75) is 25.7 Å². The van der Waals surface area contributed by atoms with Gasteiger partial charge in [0.25, 0.3) is 11.5 Å². The zero-order valence-corrected chi connectivity index (χ0v) is 14.6. The minimum Gasteiger partial charge on any atom is -0.365 e. The van der Waals surface area contributed by atoms with Crippen LogP contribution in [-0.2, 0) is 12.8 Å². The van der Waals surface area contributed by atoms with E-state index in [2.05, 4.69) is 14.9 Å². The molecule has 2 aromatic heterocycles. The van der Waals surface area contributed by atoms with Crippen molar-refractivity contribution < 1.29 is 4.79 Å². The van der Waals surface area contributed by atoms with E-state index in [4.69, 9.17) is 10.7 Å². The highest BCUT2D eigenvalue weighted by molar-refractivity contribution is 5.97. The maximum Gasteiger partial charge on any atom is 0.255 e. The number of piperazine rings is 1. The van der Waals surface area contributed by atoms with Crippen molar-refractivity contribution in [3.05, 3.63) is 45.5 Å². The van der Waals surface area contributed by atoms with Crippen LogP contribution in [0.3, 0.4) is 0 Å². The molecule has 2 aromatic rings. The van der Waals surface area contributed by atoms with Gasteiger partial charge in [0, 0.05) is 37.9 Å². The molecule has 4 rings (SSSR count). The second-order valence-electron chi connectivity index (χ2n) is 6.73. The van der Waals surface area contributed by atoms with Gasteiger partial charge in [0.05, 0.1) is 11.3 Å². The zero-order valence-electron chi connectivity index (χ0n) is 14.6. The summed E-state index contributed by atoms with van der Waals surface area (Å²) in [5.41, 5.74) is 7.67. The first-order valence-corrected chi connectivity index (χ1v) is 9.00. The van der Waals surface area contributed by atoms with Crippen LogP contribution >= 0.6 is 0 Å². The molecule has 0 saturated carbocycles. The molecule has 26 heavy (non-hydrogen) atoms. The fourth-order valence-corrected chi connectivity index (χ4v) is 3.71. The summed E-state index contributed by atoms with van der Waals surface area (Å²) >= 11 is 0. The van der Waals surface area contributed by atoms with Crippen molar-refractivity contribution >= 4 is 17.7 Å². The van der Waals surface area contributed by atoms with Crippen LogP contribution in [0.2, 0.25) is 0 Å². The number of fused-ring (bicyclic) bond motifs is 1. The molecule has 3 heterocycles. The summed E-state index contributed by atoms with van der Waals surface area (Å²) in [5.74, 6) is 0.786. The molecule has 0 bridgehead atoms. The number of nitrogens with zero attached hydrogens (tertiary/aromatic N) is 4. The van der Waals surface area contributed by atoms with E-state index in [0.717, 1.165) is 36.9 Å². The van der Waals surface area contributed by atoms with E-state index >= 15 is 0 Å². The molecular weight excluding hydrogens is 332 g/mol. The molecule has 8 heteroatoms. The van der Waals surface area contributed by atoms with Crippen molar-refractivity contribution in [3.63, 3.8) is 0 Å². The number of hydrogen-bond donors (Lipinski definition) is 2. The van der Waals surface area contributed by atoms with E-state index in [1.807, 2.05) is 4.90 Å². The number of H-pyrrole nitrogens is 1. The molecule has 1 amide bonds. The van der Waals surface area contributed by atoms with Gasteiger partial charge >= 0.3 is 0 Å². The summed E-state index contributed by atoms with van der Waals surface area (Å²) in [4.78, 5) is 40.1. The quantitative estimate of drug-likeness (QED) is 0.829. The summed E-state index contributed by atoms with van der Waals surface area (Å²) in [6, 6.07) is 3.40. The number of rotatable bonds is 3. The van der Waals surface area contributed by atoms with Gasteiger partial charge in [-0.1, -0.05) is 0 Å². The maximum atomic E-state index is 12.3. The van der Waals surface area contributed by atoms with Gasteiger partial charge in [-0.3, -0.25) is 14.6 Å². The van der Waals surface area contributed by atoms with Crippen molar-refractivity contribution in [1.29, 1.82) is 0 Å². The normalized spacial score (nSPS) is 17.1. The Balaban J connectivity index is 1.52. The molecular formula is C18H22N6O2. The molecule has 0 aromatic carbocycles. The predicted octanol–water partition coefficient (Wildman–Crippen LogP) is 0.469. The van der Waals surface area contributed by atoms with E-state index in [1.54, 1.807) is 18.3 Å². The summed E-state index contributed by atoms with van der Waals surface area (Å²) in [6.45, 7) is 2.74. The van der Waals surface area contributed by atoms with Crippen molar-refractivity contribution in [1.82, 2.24) is 15.0 Å². The molecule has 0 unspecified atom stereocenters. The zero-order chi connectivity index (χ0) is 18.1. The maximum absolute atomic E-state index is 12.3. The SMILES string of the molecule is NC(=O)c1cccnc1N1CCN(c2nc3c(c(=O)[nH]2)CCCC3)CC1. The number of hydrogen-bond acceptors (Lipinski definition) is 6. The first kappa shape index (κ1) is 16.6. The Bertz CT molecular complexity index is 885. The largest absolute Gasteiger partial charge is 0.365 e. The van der Waals surface area contributed by atoms with Crippen molar-refractivity contribution in [2.75, 3.05) is 36.0 Å². The van der Waals surface area contributed by atoms with Gasteiger partial charge < -0.3 is 15.5 Å². The third-order valence-electron chi connectivity index (χ3n) is 5.11. The van der Waals surface area contributed by atoms with E-state index in [0.29, 0.717) is 43.5 Å². The van der Waals surface area contributed by atoms with Crippen LogP contribution in [0.5, 0.6) is 0 Å². The van der Waals surface area contributed by atoms with E-state index in [1.165, 1.54) is 0 Å². The van der Waals surface area contributed by atoms with Crippen LogP contribution < -0.4 is 21.1 Å². The predicted molar refractivity (Wildman–Crippen MR) is 98.7 cm³/mol. The number of amides is 1. The Labute approximate surface area is 151 Å². The number of nitrogens with one attached hydrogen (secondary N) is 1. The molecule has 1 aliphatic carbocycles. The molecule has 2 aliphatic rings. The Morgan fingerprint density at radius 3 is 2.62 bits per heavy atom. The number of carbonyl (C=O) groups excluding carboxylic acids is 1. The van der Waals surface area contributed by atoms with Crippen LogP contribution in [0.15, 0.2) is 23.1 Å². The van der Waals surface area contributed by atoms with Gasteiger partial charge in [-0.25, -0.2) is 9.97 Å². The van der Waals surface area contributed by atoms with E-state index in [9.17, 15) is 9.59 Å². The van der Waals surface area contributed by atoms with Gasteiger partial charge in [-0.05, 0) is 37.8 Å². The average molecular weight is 354 g/mol. The molecule has 3 N–H and O–H groups in total. The summed E-state index contributed by atoms with van der Waals surface area (Å²) in [5, 5.41) is 0. The summed E-state index contributed by atoms with van der Waals surface area (Å²) in [7, 11) is 0. The summed E-state index contributed by atoms with van der Waals surface area (Å²) in [6.07, 6.45) is 5.51. The first-order chi connectivity index (χ1) is 12.6. The molecule has 0 spiro atoms. The lowest BCUT2D eigenvalue weighted by atomic mass is 9.97. The highest BCUT2D eigenvalue weighted by Crippen LogP contribution is 2.21. The number of aromatic nitrogens is 3. The third-order valence-corrected chi connectivity index (χ3v) is 5.11. The number of nitrogens with two attached hydrogens (primary N) is 1. The third kappa shape index (κ3) is 3.02. The minimum absolute atomic E-state index is 0.00660. The van der Waals surface area contributed by atoms with Crippen LogP contribution in [0, 0.1) is 0 Å². The standard InChI is InChI=1S/C18H22N6O2/c19-15(25)13-5-3-7-20-16(13)23-8-10-24(11-9-23)18-21-14-6-2-1-4-12(14)17(26)22-18/h3,5,7H,1-2,4,6,8-11H2,(H2,19,25)(H,21,22,26). The fraction of sp³-hybridized carbons (Fsp3) is 0.444. The Morgan fingerprint density at radius 2 is 1.85 bits per heavy atom. The number of aryl methyl sites for hydroxylation is 1. The topological polar surface area (TPSA) is 108 Å². The second kappa shape index (κ2) is 6.78. The smallest absolute Gasteiger partial charge is 0.255 e. The number of primary amides is 1. The highest BCUT2D eigenvalue weighted by atomic mass is 16.1. The minimum atomic E-state index is -0.476. The van der Waals surface area contributed by atoms with Crippen LogP contribution in [0.25, 0.3) is 0 Å². The van der Waals surface area contributed by atoms with Gasteiger partial charge in [0.2, 0.25) is 5.95 Å². The van der Waals surface area contributed by atoms with Crippen LogP contribution in [0.4, 0.5) is 11.8 Å². The van der Waals surface area contributed by atoms with Gasteiger partial charge in [-0.15, -0.1) is 0 Å². The fourth-order valence-electron chi connectivity index (χ4n) is 3.71. The van der Waals surface area contributed by atoms with Gasteiger partial charge in [0.15, 0.2) is 0 Å². The van der Waals surface area contributed by atoms with Gasteiger partial charge in [-0.2, -0.15) is 0 Å². The monoisotopic (exact) mass is 354 g/mol. The van der Waals surface area contributed by atoms with Crippen LogP contribution in [0.1, 0.15) is 34.5 Å². The summed E-state index contributed by atoms with van der Waals surface area (Å²) < 4.78 is 0. The Morgan fingerprint density at radius 1 is 1.12 bits per heavy atom. The van der Waals surface area contributed by atoms with Gasteiger partial charge in [0.1, 0.15) is 5.82 Å². The lowest BCUT2D eigenvalue weighted by molar-refractivity contribution is 0.100. The molecule has 0 radical (unpaired) electrons. The van der Waals surface area contributed by atoms with E-state index < -0.39 is 5.91 Å². The number of carbonyl (C=O) groups is 1. The number of aromatic amines is 1. The van der Waals surface area contributed by atoms with E-state index in [-0.39, 0.29) is 5.56 Å². The molecule has 136 valence electrons. The highest BCUT2D eigenvalue weighted by Gasteiger charge is 2.24. The Kier molecular flexibility index (Phi) is 4.32. The van der Waals surface area contributed by atoms with Crippen molar-refractivity contribution in [3.8, 4) is 0 Å². The molecule has 8 nitrogen and oxygen atoms in total. The van der Waals surface area contributed by atoms with Crippen molar-refractivity contribution in [2.24, 2.45) is 5.73 Å². The molecule has 0 atom stereocenters. The lowest BCUT2D eigenvalue weighted by Gasteiger charge is -2.36. The lowest BCUT2D eigenvalue weighted by Crippen LogP contribution is -2.48. The molecule has 1 fully saturated rings. The molecule has 1 saturated heterocycles. The molecule has 1 aliphatic heterocycles. The average Bonchev–Trinajstić information content (AvgIpc) is 2.68. The number of pyridine rings is 1. The Hall–Kier alpha value is -2.90. The number of anilines is 2. The first-order valence-electron chi connectivity index (χ1n) is 9.00. The van der Waals surface area contributed by atoms with Crippen LogP contribution in [-0.4, -0.2) is 47.0 Å². The second-order valence-corrected chi connectivity index (χ2v) is 6.73.